The maximum absolute atomic E-state index is 12.2. The lowest BCUT2D eigenvalue weighted by molar-refractivity contribution is -0.124. The first kappa shape index (κ1) is 26.9. The Labute approximate surface area is 214 Å². The number of ketones is 1. The zero-order chi connectivity index (χ0) is 26.5. The fraction of sp³-hybridized carbons (Fsp3) is 0.214. The molecule has 1 amide bonds. The van der Waals surface area contributed by atoms with E-state index in [0.29, 0.717) is 22.6 Å². The van der Waals surface area contributed by atoms with Gasteiger partial charge in [-0.1, -0.05) is 36.4 Å². The van der Waals surface area contributed by atoms with Crippen LogP contribution in [0.4, 0.5) is 5.69 Å². The van der Waals surface area contributed by atoms with Crippen LogP contribution in [0.15, 0.2) is 78.9 Å². The molecule has 0 aliphatic rings. The van der Waals surface area contributed by atoms with Gasteiger partial charge in [0.25, 0.3) is 0 Å². The van der Waals surface area contributed by atoms with Crippen LogP contribution in [0.25, 0.3) is 0 Å². The van der Waals surface area contributed by atoms with E-state index in [9.17, 15) is 19.2 Å². The van der Waals surface area contributed by atoms with Gasteiger partial charge in [0, 0.05) is 6.07 Å². The van der Waals surface area contributed by atoms with E-state index < -0.39 is 17.8 Å². The van der Waals surface area contributed by atoms with Crippen molar-refractivity contribution in [3.63, 3.8) is 0 Å². The lowest BCUT2D eigenvalue weighted by Crippen LogP contribution is -2.17. The minimum atomic E-state index is -0.512. The molecule has 0 aliphatic heterocycles. The van der Waals surface area contributed by atoms with Crippen molar-refractivity contribution in [2.75, 3.05) is 31.7 Å². The van der Waals surface area contributed by atoms with E-state index in [-0.39, 0.29) is 44.3 Å². The zero-order valence-corrected chi connectivity index (χ0v) is 20.3. The summed E-state index contributed by atoms with van der Waals surface area (Å²) in [6.07, 6.45) is -0.297. The third kappa shape index (κ3) is 9.14. The Morgan fingerprint density at radius 1 is 0.676 bits per heavy atom. The minimum Gasteiger partial charge on any atom is -0.490 e. The maximum atomic E-state index is 12.2. The summed E-state index contributed by atoms with van der Waals surface area (Å²) in [5, 5.41) is 2.63. The van der Waals surface area contributed by atoms with Gasteiger partial charge >= 0.3 is 11.9 Å². The molecule has 0 aliphatic carbocycles. The van der Waals surface area contributed by atoms with E-state index in [1.54, 1.807) is 72.8 Å². The third-order valence-corrected chi connectivity index (χ3v) is 4.81. The number of carbonyl (C=O) groups is 4. The molecule has 0 saturated heterocycles. The van der Waals surface area contributed by atoms with Gasteiger partial charge in [-0.25, -0.2) is 9.59 Å². The Morgan fingerprint density at radius 2 is 1.22 bits per heavy atom. The molecular formula is C28H27NO8. The number of nitrogens with one attached hydrogen (secondary N) is 1. The van der Waals surface area contributed by atoms with Gasteiger partial charge < -0.3 is 24.3 Å². The van der Waals surface area contributed by atoms with Gasteiger partial charge in [0.05, 0.1) is 23.2 Å². The molecule has 3 aromatic carbocycles. The van der Waals surface area contributed by atoms with Crippen LogP contribution in [0.1, 0.15) is 34.1 Å². The summed E-state index contributed by atoms with van der Waals surface area (Å²) >= 11 is 0. The molecule has 0 atom stereocenters. The SMILES string of the molecule is CC(=O)CC(=O)Nc1cc(OCCOC(=O)c2ccccc2)ccc1OCCOC(=O)c1ccccc1. The predicted octanol–water partition coefficient (Wildman–Crippen LogP) is 4.08. The summed E-state index contributed by atoms with van der Waals surface area (Å²) in [7, 11) is 0. The molecule has 0 unspecified atom stereocenters. The smallest absolute Gasteiger partial charge is 0.338 e. The standard InChI is InChI=1S/C28H27NO8/c1-20(30)18-26(31)29-24-19-23(34-14-16-36-27(32)21-8-4-2-5-9-21)12-13-25(24)35-15-17-37-28(33)22-10-6-3-7-11-22/h2-13,19H,14-18H2,1H3,(H,29,31). The van der Waals surface area contributed by atoms with E-state index in [1.165, 1.54) is 13.0 Å². The lowest BCUT2D eigenvalue weighted by atomic mass is 10.2. The summed E-state index contributed by atoms with van der Waals surface area (Å²) in [5.74, 6) is -1.05. The topological polar surface area (TPSA) is 117 Å². The molecule has 0 bridgehead atoms. The lowest BCUT2D eigenvalue weighted by Gasteiger charge is -2.15. The highest BCUT2D eigenvalue weighted by Crippen LogP contribution is 2.29. The van der Waals surface area contributed by atoms with Crippen molar-refractivity contribution in [3.8, 4) is 11.5 Å². The van der Waals surface area contributed by atoms with Gasteiger partial charge in [-0.3, -0.25) is 9.59 Å². The molecule has 3 aromatic rings. The van der Waals surface area contributed by atoms with Crippen LogP contribution in [0, 0.1) is 0 Å². The summed E-state index contributed by atoms with van der Waals surface area (Å²) in [6.45, 7) is 1.43. The highest BCUT2D eigenvalue weighted by molar-refractivity contribution is 6.04. The van der Waals surface area contributed by atoms with E-state index in [4.69, 9.17) is 18.9 Å². The highest BCUT2D eigenvalue weighted by Gasteiger charge is 2.13. The van der Waals surface area contributed by atoms with Gasteiger partial charge in [-0.15, -0.1) is 0 Å². The van der Waals surface area contributed by atoms with Crippen LogP contribution < -0.4 is 14.8 Å². The molecule has 1 N–H and O–H groups in total. The van der Waals surface area contributed by atoms with Crippen LogP contribution in [-0.4, -0.2) is 50.1 Å². The molecule has 3 rings (SSSR count). The fourth-order valence-electron chi connectivity index (χ4n) is 3.14. The largest absolute Gasteiger partial charge is 0.490 e. The van der Waals surface area contributed by atoms with Crippen LogP contribution in [0.2, 0.25) is 0 Å². The average Bonchev–Trinajstić information content (AvgIpc) is 2.90. The molecule has 0 fully saturated rings. The predicted molar refractivity (Wildman–Crippen MR) is 135 cm³/mol. The normalized spacial score (nSPS) is 10.2. The summed E-state index contributed by atoms with van der Waals surface area (Å²) in [5.41, 5.74) is 1.14. The van der Waals surface area contributed by atoms with E-state index >= 15 is 0 Å². The average molecular weight is 506 g/mol. The second-order valence-corrected chi connectivity index (χ2v) is 7.79. The second-order valence-electron chi connectivity index (χ2n) is 7.79. The molecule has 0 saturated carbocycles. The van der Waals surface area contributed by atoms with Gasteiger partial charge in [0.2, 0.25) is 5.91 Å². The highest BCUT2D eigenvalue weighted by atomic mass is 16.6. The summed E-state index contributed by atoms with van der Waals surface area (Å²) in [4.78, 5) is 47.6. The number of hydrogen-bond acceptors (Lipinski definition) is 8. The van der Waals surface area contributed by atoms with Crippen molar-refractivity contribution >= 4 is 29.3 Å². The van der Waals surface area contributed by atoms with Gasteiger partial charge in [-0.05, 0) is 43.3 Å². The molecular weight excluding hydrogens is 478 g/mol. The van der Waals surface area contributed by atoms with Crippen molar-refractivity contribution in [2.24, 2.45) is 0 Å². The number of esters is 2. The van der Waals surface area contributed by atoms with E-state index in [1.807, 2.05) is 0 Å². The van der Waals surface area contributed by atoms with Crippen molar-refractivity contribution < 1.29 is 38.1 Å². The number of benzene rings is 3. The fourth-order valence-corrected chi connectivity index (χ4v) is 3.14. The first-order valence-electron chi connectivity index (χ1n) is 11.6. The Morgan fingerprint density at radius 3 is 1.76 bits per heavy atom. The number of hydrogen-bond donors (Lipinski definition) is 1. The van der Waals surface area contributed by atoms with Gasteiger partial charge in [0.15, 0.2) is 0 Å². The second kappa shape index (κ2) is 14.0. The van der Waals surface area contributed by atoms with Crippen LogP contribution >= 0.6 is 0 Å². The number of carbonyl (C=O) groups excluding carboxylic acids is 4. The van der Waals surface area contributed by atoms with Crippen molar-refractivity contribution in [1.29, 1.82) is 0 Å². The minimum absolute atomic E-state index is 0.0143. The van der Waals surface area contributed by atoms with Crippen LogP contribution in [0.5, 0.6) is 11.5 Å². The van der Waals surface area contributed by atoms with Crippen LogP contribution in [0.3, 0.4) is 0 Å². The van der Waals surface area contributed by atoms with Crippen LogP contribution in [-0.2, 0) is 19.1 Å². The summed E-state index contributed by atoms with van der Waals surface area (Å²) < 4.78 is 21.7. The monoisotopic (exact) mass is 505 g/mol. The first-order valence-corrected chi connectivity index (χ1v) is 11.6. The third-order valence-electron chi connectivity index (χ3n) is 4.81. The molecule has 0 aromatic heterocycles. The molecule has 9 nitrogen and oxygen atoms in total. The maximum Gasteiger partial charge on any atom is 0.338 e. The number of Topliss-reactive ketones (excluding diaryl/α,β-unsaturated/α-hetero) is 1. The Bertz CT molecular complexity index is 1210. The van der Waals surface area contributed by atoms with E-state index in [0.717, 1.165) is 0 Å². The first-order chi connectivity index (χ1) is 17.9. The van der Waals surface area contributed by atoms with Gasteiger partial charge in [-0.2, -0.15) is 0 Å². The Balaban J connectivity index is 1.54. The molecule has 0 heterocycles. The Hall–Kier alpha value is -4.66. The van der Waals surface area contributed by atoms with Crippen molar-refractivity contribution in [2.45, 2.75) is 13.3 Å². The molecule has 0 spiro atoms. The quantitative estimate of drug-likeness (QED) is 0.210. The van der Waals surface area contributed by atoms with Gasteiger partial charge in [0.1, 0.15) is 43.7 Å². The van der Waals surface area contributed by atoms with E-state index in [2.05, 4.69) is 5.32 Å². The zero-order valence-electron chi connectivity index (χ0n) is 20.3. The number of ether oxygens (including phenoxy) is 4. The van der Waals surface area contributed by atoms with Crippen molar-refractivity contribution in [1.82, 2.24) is 0 Å². The molecule has 0 radical (unpaired) electrons. The van der Waals surface area contributed by atoms with Crippen molar-refractivity contribution in [3.05, 3.63) is 90.0 Å². The number of rotatable bonds is 13. The number of amides is 1. The Kier molecular flexibility index (Phi) is 10.2. The molecule has 192 valence electrons. The summed E-state index contributed by atoms with van der Waals surface area (Å²) in [6, 6.07) is 21.9. The number of anilines is 1. The molecule has 9 heteroatoms. The molecule has 37 heavy (non-hydrogen) atoms.